The number of nitrogens with two attached hydrogens (primary N) is 1. The van der Waals surface area contributed by atoms with Crippen LogP contribution in [0.2, 0.25) is 0 Å². The number of hydrogen-bond acceptors (Lipinski definition) is 7. The van der Waals surface area contributed by atoms with Crippen molar-refractivity contribution in [2.45, 2.75) is 11.7 Å². The predicted octanol–water partition coefficient (Wildman–Crippen LogP) is 2.67. The lowest BCUT2D eigenvalue weighted by Gasteiger charge is -2.15. The number of fused-ring (bicyclic) bond motifs is 1. The summed E-state index contributed by atoms with van der Waals surface area (Å²) < 4.78 is 79.4. The monoisotopic (exact) mass is 471 g/mol. The van der Waals surface area contributed by atoms with Crippen LogP contribution in [0.4, 0.5) is 27.6 Å². The van der Waals surface area contributed by atoms with E-state index in [1.54, 1.807) is 0 Å². The molecule has 0 spiro atoms. The van der Waals surface area contributed by atoms with Gasteiger partial charge in [-0.2, -0.15) is 13.2 Å². The molecule has 1 aromatic carbocycles. The number of hydrogen-bond donors (Lipinski definition) is 4. The van der Waals surface area contributed by atoms with Crippen molar-refractivity contribution in [3.63, 3.8) is 0 Å². The van der Waals surface area contributed by atoms with Crippen molar-refractivity contribution >= 4 is 28.6 Å². The van der Waals surface area contributed by atoms with E-state index in [1.807, 2.05) is 0 Å². The number of pyridine rings is 1. The third-order valence-electron chi connectivity index (χ3n) is 4.79. The summed E-state index contributed by atoms with van der Waals surface area (Å²) in [5, 5.41) is 11.3. The van der Waals surface area contributed by atoms with Crippen LogP contribution >= 0.6 is 0 Å². The van der Waals surface area contributed by atoms with Gasteiger partial charge in [-0.25, -0.2) is 18.8 Å². The van der Waals surface area contributed by atoms with Gasteiger partial charge >= 0.3 is 6.18 Å². The molecule has 3 heterocycles. The van der Waals surface area contributed by atoms with Gasteiger partial charge in [-0.05, 0) is 6.07 Å². The number of benzene rings is 1. The van der Waals surface area contributed by atoms with E-state index in [2.05, 4.69) is 20.3 Å². The highest BCUT2D eigenvalue weighted by molar-refractivity contribution is 5.96. The third kappa shape index (κ3) is 4.00. The van der Waals surface area contributed by atoms with Crippen LogP contribution in [0.5, 0.6) is 11.5 Å². The topological polar surface area (TPSA) is 135 Å². The van der Waals surface area contributed by atoms with Gasteiger partial charge in [0.05, 0.1) is 17.6 Å². The van der Waals surface area contributed by atoms with Crippen molar-refractivity contribution < 1.29 is 41.3 Å². The van der Waals surface area contributed by atoms with Crippen LogP contribution in [0, 0.1) is 11.6 Å². The van der Waals surface area contributed by atoms with Crippen LogP contribution in [-0.2, 0) is 15.7 Å². The summed E-state index contributed by atoms with van der Waals surface area (Å²) in [5.41, 5.74) is 1.94. The first kappa shape index (κ1) is 22.3. The summed E-state index contributed by atoms with van der Waals surface area (Å²) in [6, 6.07) is 2.25. The van der Waals surface area contributed by atoms with Gasteiger partial charge < -0.3 is 30.6 Å². The number of rotatable bonds is 5. The summed E-state index contributed by atoms with van der Waals surface area (Å²) in [7, 11) is 0. The molecule has 0 saturated heterocycles. The number of aliphatic hydroxyl groups is 1. The highest BCUT2D eigenvalue weighted by Gasteiger charge is 2.42. The van der Waals surface area contributed by atoms with Crippen molar-refractivity contribution in [3.8, 4) is 11.5 Å². The zero-order valence-electron chi connectivity index (χ0n) is 16.3. The van der Waals surface area contributed by atoms with Crippen LogP contribution in [0.15, 0.2) is 35.6 Å². The smallest absolute Gasteiger partial charge is 0.418 e. The second kappa shape index (κ2) is 7.88. The van der Waals surface area contributed by atoms with E-state index >= 15 is 0 Å². The third-order valence-corrected chi connectivity index (χ3v) is 4.79. The molecular formula is C19H14F5N5O4. The molecule has 0 bridgehead atoms. The Morgan fingerprint density at radius 3 is 2.61 bits per heavy atom. The van der Waals surface area contributed by atoms with E-state index in [9.17, 15) is 31.9 Å². The molecule has 1 aliphatic rings. The molecule has 174 valence electrons. The molecule has 9 nitrogen and oxygen atoms in total. The van der Waals surface area contributed by atoms with E-state index in [0.717, 1.165) is 24.4 Å². The fraction of sp³-hybridized carbons (Fsp3) is 0.211. The van der Waals surface area contributed by atoms with E-state index in [1.165, 1.54) is 0 Å². The lowest BCUT2D eigenvalue weighted by atomic mass is 10.0. The number of carbonyl (C=O) groups is 1. The Balaban J connectivity index is 1.64. The lowest BCUT2D eigenvalue weighted by Crippen LogP contribution is -2.46. The summed E-state index contributed by atoms with van der Waals surface area (Å²) in [6.45, 7) is -1.13. The van der Waals surface area contributed by atoms with E-state index < -0.39 is 58.3 Å². The Morgan fingerprint density at radius 2 is 2.03 bits per heavy atom. The highest BCUT2D eigenvalue weighted by atomic mass is 19.4. The number of amides is 1. The van der Waals surface area contributed by atoms with Gasteiger partial charge in [0.2, 0.25) is 5.54 Å². The summed E-state index contributed by atoms with van der Waals surface area (Å²) in [4.78, 5) is 21.4. The first-order chi connectivity index (χ1) is 15.5. The molecule has 33 heavy (non-hydrogen) atoms. The number of aliphatic hydroxyl groups excluding tert-OH is 1. The quantitative estimate of drug-likeness (QED) is 0.423. The van der Waals surface area contributed by atoms with Gasteiger partial charge in [0.15, 0.2) is 17.4 Å². The van der Waals surface area contributed by atoms with Gasteiger partial charge in [0.1, 0.15) is 18.0 Å². The van der Waals surface area contributed by atoms with Crippen molar-refractivity contribution in [1.82, 2.24) is 9.97 Å². The lowest BCUT2D eigenvalue weighted by molar-refractivity contribution is -0.136. The van der Waals surface area contributed by atoms with Gasteiger partial charge in [-0.3, -0.25) is 4.79 Å². The largest absolute Gasteiger partial charge is 0.462 e. The number of aromatic nitrogens is 2. The molecule has 14 heteroatoms. The molecule has 1 atom stereocenters. The normalized spacial score (nSPS) is 18.2. The molecule has 2 aromatic heterocycles. The summed E-state index contributed by atoms with van der Waals surface area (Å²) in [5.74, 6) is -4.90. The maximum absolute atomic E-state index is 14.6. The maximum atomic E-state index is 14.6. The average molecular weight is 471 g/mol. The molecule has 4 rings (SSSR count). The molecule has 3 aromatic rings. The van der Waals surface area contributed by atoms with E-state index in [0.29, 0.717) is 6.20 Å². The van der Waals surface area contributed by atoms with Crippen LogP contribution in [0.25, 0.3) is 11.0 Å². The number of alkyl halides is 3. The van der Waals surface area contributed by atoms with Crippen LogP contribution in [0.1, 0.15) is 5.56 Å². The minimum Gasteiger partial charge on any atom is -0.462 e. The maximum Gasteiger partial charge on any atom is 0.418 e. The first-order valence-corrected chi connectivity index (χ1v) is 9.15. The number of aliphatic imine (C=N–C) groups is 1. The standard InChI is InChI=1S/C19H14F5N5O4/c20-10-3-8(28-17-29-18(6-30,7-32-17)16(25)31)4-11(21)14(10)33-12-1-2-26-15-13(12)9(5-27-15)19(22,23)24/h1-5,30H,6-7H2,(H2,25,31)(H,26,27)(H,28,29)/t18-/m1/s1. The number of anilines is 1. The van der Waals surface area contributed by atoms with Gasteiger partial charge in [-0.15, -0.1) is 0 Å². The Bertz CT molecular complexity index is 1250. The number of halogens is 5. The number of nitrogens with one attached hydrogen (secondary N) is 2. The minimum absolute atomic E-state index is 0.183. The SMILES string of the molecule is NC(=O)[C@@]1(CO)COC(Nc2cc(F)c(Oc3ccnc4[nH]cc(C(F)(F)F)c34)c(F)c2)=N1. The molecule has 0 saturated carbocycles. The van der Waals surface area contributed by atoms with Crippen LogP contribution in [0.3, 0.4) is 0 Å². The molecule has 0 unspecified atom stereocenters. The Labute approximate surface area is 181 Å². The number of aromatic amines is 1. The van der Waals surface area contributed by atoms with Gasteiger partial charge in [0.25, 0.3) is 11.9 Å². The first-order valence-electron chi connectivity index (χ1n) is 9.15. The number of carbonyl (C=O) groups excluding carboxylic acids is 1. The fourth-order valence-corrected chi connectivity index (χ4v) is 3.09. The molecular weight excluding hydrogens is 457 g/mol. The Hall–Kier alpha value is -3.94. The summed E-state index contributed by atoms with van der Waals surface area (Å²) >= 11 is 0. The van der Waals surface area contributed by atoms with Crippen LogP contribution in [-0.4, -0.2) is 45.8 Å². The van der Waals surface area contributed by atoms with Crippen molar-refractivity contribution in [2.24, 2.45) is 10.7 Å². The predicted molar refractivity (Wildman–Crippen MR) is 104 cm³/mol. The zero-order valence-corrected chi connectivity index (χ0v) is 16.3. The molecule has 0 aliphatic carbocycles. The van der Waals surface area contributed by atoms with E-state index in [4.69, 9.17) is 15.2 Å². The number of nitrogens with zero attached hydrogens (tertiary/aromatic N) is 2. The van der Waals surface area contributed by atoms with Crippen molar-refractivity contribution in [2.75, 3.05) is 18.5 Å². The zero-order chi connectivity index (χ0) is 24.0. The second-order valence-electron chi connectivity index (χ2n) is 6.99. The number of primary amides is 1. The van der Waals surface area contributed by atoms with Crippen LogP contribution < -0.4 is 15.8 Å². The molecule has 5 N–H and O–H groups in total. The van der Waals surface area contributed by atoms with Crippen molar-refractivity contribution in [1.29, 1.82) is 0 Å². The van der Waals surface area contributed by atoms with Crippen molar-refractivity contribution in [3.05, 3.63) is 47.8 Å². The van der Waals surface area contributed by atoms with Gasteiger partial charge in [-0.1, -0.05) is 0 Å². The number of amidine groups is 1. The average Bonchev–Trinajstić information content (AvgIpc) is 3.36. The Morgan fingerprint density at radius 1 is 1.33 bits per heavy atom. The summed E-state index contributed by atoms with van der Waals surface area (Å²) in [6.07, 6.45) is -2.98. The fourth-order valence-electron chi connectivity index (χ4n) is 3.09. The molecule has 1 amide bonds. The molecule has 0 radical (unpaired) electrons. The second-order valence-corrected chi connectivity index (χ2v) is 6.99. The minimum atomic E-state index is -4.76. The number of H-pyrrole nitrogens is 1. The highest BCUT2D eigenvalue weighted by Crippen LogP contribution is 2.41. The molecule has 1 aliphatic heterocycles. The van der Waals surface area contributed by atoms with E-state index in [-0.39, 0.29) is 24.0 Å². The Kier molecular flexibility index (Phi) is 5.32. The number of ether oxygens (including phenoxy) is 2. The molecule has 0 fully saturated rings. The van der Waals surface area contributed by atoms with Gasteiger partial charge in [0, 0.05) is 30.2 Å².